The van der Waals surface area contributed by atoms with Gasteiger partial charge < -0.3 is 10.6 Å². The van der Waals surface area contributed by atoms with Gasteiger partial charge in [0.15, 0.2) is 0 Å². The molecule has 1 atom stereocenters. The van der Waals surface area contributed by atoms with Gasteiger partial charge in [0.1, 0.15) is 6.54 Å². The number of hydrogen-bond donors (Lipinski definition) is 1. The number of para-hydroxylation sites is 2. The highest BCUT2D eigenvalue weighted by Gasteiger charge is 2.23. The summed E-state index contributed by atoms with van der Waals surface area (Å²) < 4.78 is 3.27. The Morgan fingerprint density at radius 3 is 2.59 bits per heavy atom. The van der Waals surface area contributed by atoms with Crippen molar-refractivity contribution < 1.29 is 4.79 Å². The van der Waals surface area contributed by atoms with E-state index in [1.165, 1.54) is 0 Å². The number of aryl methyl sites for hydroxylation is 1. The van der Waals surface area contributed by atoms with Crippen molar-refractivity contribution >= 4 is 16.9 Å². The van der Waals surface area contributed by atoms with E-state index in [9.17, 15) is 9.59 Å². The van der Waals surface area contributed by atoms with Crippen LogP contribution in [0.2, 0.25) is 0 Å². The Hall–Kier alpha value is -2.08. The van der Waals surface area contributed by atoms with E-state index >= 15 is 0 Å². The monoisotopic (exact) mass is 302 g/mol. The molecule has 1 aliphatic rings. The van der Waals surface area contributed by atoms with Gasteiger partial charge in [0.05, 0.1) is 11.0 Å². The van der Waals surface area contributed by atoms with E-state index in [2.05, 4.69) is 0 Å². The molecule has 0 spiro atoms. The number of imidazole rings is 1. The molecule has 3 rings (SSSR count). The minimum atomic E-state index is -0.127. The first-order valence-electron chi connectivity index (χ1n) is 7.83. The highest BCUT2D eigenvalue weighted by atomic mass is 16.2. The zero-order valence-electron chi connectivity index (χ0n) is 12.9. The molecule has 0 bridgehead atoms. The van der Waals surface area contributed by atoms with Crippen LogP contribution in [0.4, 0.5) is 0 Å². The molecule has 1 aromatic carbocycles. The van der Waals surface area contributed by atoms with Gasteiger partial charge in [-0.15, -0.1) is 0 Å². The number of fused-ring (bicyclic) bond motifs is 1. The molecule has 0 aliphatic carbocycles. The summed E-state index contributed by atoms with van der Waals surface area (Å²) in [5.41, 5.74) is 7.49. The fourth-order valence-electron chi connectivity index (χ4n) is 3.20. The summed E-state index contributed by atoms with van der Waals surface area (Å²) in [4.78, 5) is 26.8. The normalized spacial score (nSPS) is 18.8. The van der Waals surface area contributed by atoms with Gasteiger partial charge in [0.25, 0.3) is 0 Å². The number of benzene rings is 1. The topological polar surface area (TPSA) is 73.3 Å². The maximum Gasteiger partial charge on any atom is 0.329 e. The molecule has 1 aromatic heterocycles. The van der Waals surface area contributed by atoms with Crippen molar-refractivity contribution in [2.24, 2.45) is 5.73 Å². The lowest BCUT2D eigenvalue weighted by Crippen LogP contribution is -2.47. The molecule has 0 radical (unpaired) electrons. The molecule has 1 saturated heterocycles. The lowest BCUT2D eigenvalue weighted by atomic mass is 10.1. The molecule has 1 amide bonds. The van der Waals surface area contributed by atoms with Gasteiger partial charge in [-0.2, -0.15) is 0 Å². The third-order valence-electron chi connectivity index (χ3n) is 4.35. The molecule has 2 N–H and O–H groups in total. The smallest absolute Gasteiger partial charge is 0.329 e. The van der Waals surface area contributed by atoms with Crippen LogP contribution < -0.4 is 11.4 Å². The number of aromatic nitrogens is 2. The average Bonchev–Trinajstić information content (AvgIpc) is 2.79. The number of carbonyl (C=O) groups is 1. The second-order valence-corrected chi connectivity index (χ2v) is 5.84. The third-order valence-corrected chi connectivity index (χ3v) is 4.35. The molecule has 6 nitrogen and oxygen atoms in total. The van der Waals surface area contributed by atoms with Gasteiger partial charge in [-0.3, -0.25) is 13.9 Å². The van der Waals surface area contributed by atoms with Crippen LogP contribution >= 0.6 is 0 Å². The Morgan fingerprint density at radius 2 is 1.95 bits per heavy atom. The minimum absolute atomic E-state index is 0.0312. The SMILES string of the molecule is CCn1c(=O)n(CC(=O)N2CCCC(N)C2)c2ccccc21. The number of amides is 1. The summed E-state index contributed by atoms with van der Waals surface area (Å²) in [6.45, 7) is 3.92. The molecule has 6 heteroatoms. The number of nitrogens with two attached hydrogens (primary N) is 1. The van der Waals surface area contributed by atoms with Crippen LogP contribution in [-0.2, 0) is 17.9 Å². The molecule has 2 aromatic rings. The van der Waals surface area contributed by atoms with E-state index in [4.69, 9.17) is 5.73 Å². The van der Waals surface area contributed by atoms with Gasteiger partial charge in [-0.1, -0.05) is 12.1 Å². The molecule has 1 unspecified atom stereocenters. The Labute approximate surface area is 129 Å². The summed E-state index contributed by atoms with van der Waals surface area (Å²) in [6, 6.07) is 7.64. The number of carbonyl (C=O) groups excluding carboxylic acids is 1. The fraction of sp³-hybridized carbons (Fsp3) is 0.500. The molecule has 22 heavy (non-hydrogen) atoms. The second kappa shape index (κ2) is 5.96. The van der Waals surface area contributed by atoms with Crippen molar-refractivity contribution in [2.45, 2.75) is 38.9 Å². The summed E-state index contributed by atoms with van der Waals surface area (Å²) in [5, 5.41) is 0. The zero-order chi connectivity index (χ0) is 15.7. The van der Waals surface area contributed by atoms with Crippen molar-refractivity contribution in [3.63, 3.8) is 0 Å². The van der Waals surface area contributed by atoms with Crippen LogP contribution in [0.3, 0.4) is 0 Å². The molecule has 2 heterocycles. The Kier molecular flexibility index (Phi) is 4.02. The predicted molar refractivity (Wildman–Crippen MR) is 85.7 cm³/mol. The minimum Gasteiger partial charge on any atom is -0.340 e. The van der Waals surface area contributed by atoms with Crippen LogP contribution in [0, 0.1) is 0 Å². The van der Waals surface area contributed by atoms with Gasteiger partial charge in [-0.25, -0.2) is 4.79 Å². The highest BCUT2D eigenvalue weighted by molar-refractivity contribution is 5.81. The quantitative estimate of drug-likeness (QED) is 0.910. The van der Waals surface area contributed by atoms with E-state index < -0.39 is 0 Å². The van der Waals surface area contributed by atoms with Gasteiger partial charge in [0.2, 0.25) is 5.91 Å². The summed E-state index contributed by atoms with van der Waals surface area (Å²) in [6.07, 6.45) is 1.89. The van der Waals surface area contributed by atoms with Crippen LogP contribution in [-0.4, -0.2) is 39.1 Å². The zero-order valence-corrected chi connectivity index (χ0v) is 12.9. The standard InChI is InChI=1S/C16H22N4O2/c1-2-19-13-7-3-4-8-14(13)20(16(19)22)11-15(21)18-9-5-6-12(17)10-18/h3-4,7-8,12H,2,5-6,9-11,17H2,1H3. The van der Waals surface area contributed by atoms with Gasteiger partial charge in [-0.05, 0) is 31.9 Å². The van der Waals surface area contributed by atoms with E-state index in [0.717, 1.165) is 30.4 Å². The van der Waals surface area contributed by atoms with E-state index in [0.29, 0.717) is 13.1 Å². The van der Waals surface area contributed by atoms with E-state index in [1.807, 2.05) is 31.2 Å². The number of likely N-dealkylation sites (tertiary alicyclic amines) is 1. The van der Waals surface area contributed by atoms with Gasteiger partial charge >= 0.3 is 5.69 Å². The summed E-state index contributed by atoms with van der Waals surface area (Å²) in [7, 11) is 0. The van der Waals surface area contributed by atoms with Crippen LogP contribution in [0.25, 0.3) is 11.0 Å². The van der Waals surface area contributed by atoms with E-state index in [-0.39, 0.29) is 24.2 Å². The predicted octanol–water partition coefficient (Wildman–Crippen LogP) is 0.773. The van der Waals surface area contributed by atoms with Crippen LogP contribution in [0.5, 0.6) is 0 Å². The van der Waals surface area contributed by atoms with Crippen molar-refractivity contribution in [3.05, 3.63) is 34.7 Å². The Bertz CT molecular complexity index is 746. The number of rotatable bonds is 3. The first-order valence-corrected chi connectivity index (χ1v) is 7.83. The first kappa shape index (κ1) is 14.8. The maximum atomic E-state index is 12.5. The number of hydrogen-bond acceptors (Lipinski definition) is 3. The second-order valence-electron chi connectivity index (χ2n) is 5.84. The van der Waals surface area contributed by atoms with Crippen molar-refractivity contribution in [2.75, 3.05) is 13.1 Å². The number of piperidine rings is 1. The average molecular weight is 302 g/mol. The van der Waals surface area contributed by atoms with Crippen LogP contribution in [0.15, 0.2) is 29.1 Å². The molecular weight excluding hydrogens is 280 g/mol. The molecular formula is C16H22N4O2. The lowest BCUT2D eigenvalue weighted by molar-refractivity contribution is -0.133. The van der Waals surface area contributed by atoms with Crippen molar-refractivity contribution in [1.82, 2.24) is 14.0 Å². The maximum absolute atomic E-state index is 12.5. The molecule has 1 fully saturated rings. The van der Waals surface area contributed by atoms with Gasteiger partial charge in [0, 0.05) is 25.7 Å². The van der Waals surface area contributed by atoms with Crippen molar-refractivity contribution in [1.29, 1.82) is 0 Å². The summed E-state index contributed by atoms with van der Waals surface area (Å²) in [5.74, 6) is -0.0312. The first-order chi connectivity index (χ1) is 10.6. The number of nitrogens with zero attached hydrogens (tertiary/aromatic N) is 3. The highest BCUT2D eigenvalue weighted by Crippen LogP contribution is 2.14. The molecule has 0 saturated carbocycles. The molecule has 118 valence electrons. The Balaban J connectivity index is 1.92. The largest absolute Gasteiger partial charge is 0.340 e. The van der Waals surface area contributed by atoms with Crippen LogP contribution in [0.1, 0.15) is 19.8 Å². The van der Waals surface area contributed by atoms with E-state index in [1.54, 1.807) is 14.0 Å². The Morgan fingerprint density at radius 1 is 1.27 bits per heavy atom. The van der Waals surface area contributed by atoms with Crippen molar-refractivity contribution in [3.8, 4) is 0 Å². The summed E-state index contributed by atoms with van der Waals surface area (Å²) >= 11 is 0. The lowest BCUT2D eigenvalue weighted by Gasteiger charge is -2.30. The third kappa shape index (κ3) is 2.54. The molecule has 1 aliphatic heterocycles. The fourth-order valence-corrected chi connectivity index (χ4v) is 3.20.